The number of nitrogens with two attached hydrogens (primary N) is 1. The Morgan fingerprint density at radius 3 is 2.60 bits per heavy atom. The van der Waals surface area contributed by atoms with Crippen LogP contribution in [-0.2, 0) is 6.54 Å². The number of benzene rings is 1. The second kappa shape index (κ2) is 5.85. The summed E-state index contributed by atoms with van der Waals surface area (Å²) in [5, 5.41) is 17.4. The van der Waals surface area contributed by atoms with E-state index in [0.717, 1.165) is 5.56 Å². The van der Waals surface area contributed by atoms with Crippen molar-refractivity contribution in [3.05, 3.63) is 40.4 Å². The summed E-state index contributed by atoms with van der Waals surface area (Å²) in [6.07, 6.45) is 0. The van der Waals surface area contributed by atoms with Crippen LogP contribution in [-0.4, -0.2) is 15.8 Å². The Morgan fingerprint density at radius 2 is 2.05 bits per heavy atom. The molecule has 0 radical (unpaired) electrons. The quantitative estimate of drug-likeness (QED) is 0.907. The lowest BCUT2D eigenvalue weighted by molar-refractivity contribution is 0.695. The zero-order chi connectivity index (χ0) is 14.7. The van der Waals surface area contributed by atoms with Crippen molar-refractivity contribution in [2.45, 2.75) is 26.4 Å². The molecule has 1 heterocycles. The SMILES string of the molecule is CC(C)Nc1nn(Cc2ccc(Cl)cc2)c(N)c1C#N. The Kier molecular flexibility index (Phi) is 4.16. The van der Waals surface area contributed by atoms with E-state index in [0.29, 0.717) is 28.8 Å². The third-order valence-electron chi connectivity index (χ3n) is 2.77. The van der Waals surface area contributed by atoms with Crippen molar-refractivity contribution >= 4 is 23.2 Å². The number of nitrogens with one attached hydrogen (secondary N) is 1. The molecule has 1 aromatic carbocycles. The van der Waals surface area contributed by atoms with Crippen LogP contribution in [0.1, 0.15) is 25.0 Å². The van der Waals surface area contributed by atoms with Gasteiger partial charge in [-0.2, -0.15) is 10.4 Å². The van der Waals surface area contributed by atoms with Gasteiger partial charge in [-0.1, -0.05) is 23.7 Å². The number of nitrogens with zero attached hydrogens (tertiary/aromatic N) is 3. The largest absolute Gasteiger partial charge is 0.383 e. The van der Waals surface area contributed by atoms with E-state index in [1.807, 2.05) is 38.1 Å². The molecule has 1 aromatic heterocycles. The van der Waals surface area contributed by atoms with Crippen LogP contribution in [0, 0.1) is 11.3 Å². The summed E-state index contributed by atoms with van der Waals surface area (Å²) in [6, 6.07) is 9.72. The van der Waals surface area contributed by atoms with Gasteiger partial charge in [0.1, 0.15) is 17.5 Å². The zero-order valence-corrected chi connectivity index (χ0v) is 12.1. The topological polar surface area (TPSA) is 79.7 Å². The van der Waals surface area contributed by atoms with Crippen LogP contribution in [0.3, 0.4) is 0 Å². The predicted octanol–water partition coefficient (Wildman–Crippen LogP) is 2.86. The van der Waals surface area contributed by atoms with Gasteiger partial charge in [-0.05, 0) is 31.5 Å². The van der Waals surface area contributed by atoms with Crippen LogP contribution in [0.25, 0.3) is 0 Å². The predicted molar refractivity (Wildman–Crippen MR) is 80.7 cm³/mol. The fourth-order valence-corrected chi connectivity index (χ4v) is 1.97. The molecule has 0 saturated heterocycles. The van der Waals surface area contributed by atoms with E-state index in [-0.39, 0.29) is 6.04 Å². The minimum Gasteiger partial charge on any atom is -0.383 e. The van der Waals surface area contributed by atoms with E-state index in [1.54, 1.807) is 4.68 Å². The van der Waals surface area contributed by atoms with Gasteiger partial charge in [0.05, 0.1) is 6.54 Å². The molecule has 2 rings (SSSR count). The third kappa shape index (κ3) is 3.03. The van der Waals surface area contributed by atoms with Crippen LogP contribution >= 0.6 is 11.6 Å². The molecule has 0 fully saturated rings. The van der Waals surface area contributed by atoms with E-state index in [2.05, 4.69) is 16.5 Å². The molecule has 0 spiro atoms. The van der Waals surface area contributed by atoms with Gasteiger partial charge in [-0.15, -0.1) is 0 Å². The van der Waals surface area contributed by atoms with Crippen molar-refractivity contribution in [1.82, 2.24) is 9.78 Å². The van der Waals surface area contributed by atoms with Crippen LogP contribution in [0.5, 0.6) is 0 Å². The molecule has 0 bridgehead atoms. The maximum atomic E-state index is 9.19. The average Bonchev–Trinajstić information content (AvgIpc) is 2.67. The number of hydrogen-bond acceptors (Lipinski definition) is 4. The normalized spacial score (nSPS) is 10.6. The fraction of sp³-hybridized carbons (Fsp3) is 0.286. The highest BCUT2D eigenvalue weighted by atomic mass is 35.5. The highest BCUT2D eigenvalue weighted by Gasteiger charge is 2.16. The number of rotatable bonds is 4. The number of anilines is 2. The molecule has 0 aliphatic heterocycles. The van der Waals surface area contributed by atoms with Crippen molar-refractivity contribution in [2.24, 2.45) is 0 Å². The number of halogens is 1. The molecular formula is C14H16ClN5. The maximum absolute atomic E-state index is 9.19. The molecule has 0 atom stereocenters. The minimum absolute atomic E-state index is 0.181. The molecule has 20 heavy (non-hydrogen) atoms. The van der Waals surface area contributed by atoms with Crippen LogP contribution in [0.15, 0.2) is 24.3 Å². The first kappa shape index (κ1) is 14.2. The monoisotopic (exact) mass is 289 g/mol. The van der Waals surface area contributed by atoms with E-state index in [1.165, 1.54) is 0 Å². The van der Waals surface area contributed by atoms with E-state index < -0.39 is 0 Å². The molecule has 6 heteroatoms. The van der Waals surface area contributed by atoms with Crippen LogP contribution in [0.4, 0.5) is 11.6 Å². The molecule has 0 amide bonds. The first-order valence-corrected chi connectivity index (χ1v) is 6.66. The minimum atomic E-state index is 0.181. The number of nitriles is 1. The maximum Gasteiger partial charge on any atom is 0.168 e. The standard InChI is InChI=1S/C14H16ClN5/c1-9(2)18-14-12(7-16)13(17)20(19-14)8-10-3-5-11(15)6-4-10/h3-6,9H,8,17H2,1-2H3,(H,18,19). The highest BCUT2D eigenvalue weighted by molar-refractivity contribution is 6.30. The van der Waals surface area contributed by atoms with Gasteiger partial charge in [0.25, 0.3) is 0 Å². The van der Waals surface area contributed by atoms with Crippen LogP contribution in [0.2, 0.25) is 5.02 Å². The van der Waals surface area contributed by atoms with Crippen LogP contribution < -0.4 is 11.1 Å². The van der Waals surface area contributed by atoms with Gasteiger partial charge < -0.3 is 11.1 Å². The summed E-state index contributed by atoms with van der Waals surface area (Å²) >= 11 is 5.85. The molecule has 104 valence electrons. The smallest absolute Gasteiger partial charge is 0.168 e. The Balaban J connectivity index is 2.30. The van der Waals surface area contributed by atoms with Crippen molar-refractivity contribution < 1.29 is 0 Å². The number of hydrogen-bond donors (Lipinski definition) is 2. The third-order valence-corrected chi connectivity index (χ3v) is 3.03. The summed E-state index contributed by atoms with van der Waals surface area (Å²) in [4.78, 5) is 0. The summed E-state index contributed by atoms with van der Waals surface area (Å²) in [7, 11) is 0. The summed E-state index contributed by atoms with van der Waals surface area (Å²) < 4.78 is 1.62. The zero-order valence-electron chi connectivity index (χ0n) is 11.4. The van der Waals surface area contributed by atoms with Gasteiger partial charge in [0.15, 0.2) is 5.82 Å². The molecule has 3 N–H and O–H groups in total. The Morgan fingerprint density at radius 1 is 1.40 bits per heavy atom. The number of aromatic nitrogens is 2. The van der Waals surface area contributed by atoms with Crippen molar-refractivity contribution in [1.29, 1.82) is 5.26 Å². The second-order valence-corrected chi connectivity index (χ2v) is 5.24. The first-order chi connectivity index (χ1) is 9.51. The van der Waals surface area contributed by atoms with Gasteiger partial charge >= 0.3 is 0 Å². The van der Waals surface area contributed by atoms with E-state index in [9.17, 15) is 5.26 Å². The lowest BCUT2D eigenvalue weighted by Gasteiger charge is -2.06. The van der Waals surface area contributed by atoms with E-state index >= 15 is 0 Å². The summed E-state index contributed by atoms with van der Waals surface area (Å²) in [5.74, 6) is 0.888. The average molecular weight is 290 g/mol. The summed E-state index contributed by atoms with van der Waals surface area (Å²) in [5.41, 5.74) is 7.38. The molecule has 0 unspecified atom stereocenters. The Bertz CT molecular complexity index is 637. The molecule has 0 saturated carbocycles. The number of nitrogen functional groups attached to an aromatic ring is 1. The second-order valence-electron chi connectivity index (χ2n) is 4.80. The Hall–Kier alpha value is -2.19. The van der Waals surface area contributed by atoms with Gasteiger partial charge in [0.2, 0.25) is 0 Å². The molecular weight excluding hydrogens is 274 g/mol. The van der Waals surface area contributed by atoms with E-state index in [4.69, 9.17) is 17.3 Å². The lowest BCUT2D eigenvalue weighted by Crippen LogP contribution is -2.11. The van der Waals surface area contributed by atoms with Gasteiger partial charge in [-0.3, -0.25) is 0 Å². The molecule has 2 aromatic rings. The van der Waals surface area contributed by atoms with Crippen molar-refractivity contribution in [2.75, 3.05) is 11.1 Å². The molecule has 0 aliphatic rings. The molecule has 5 nitrogen and oxygen atoms in total. The van der Waals surface area contributed by atoms with Crippen molar-refractivity contribution in [3.63, 3.8) is 0 Å². The summed E-state index contributed by atoms with van der Waals surface area (Å²) in [6.45, 7) is 4.46. The highest BCUT2D eigenvalue weighted by Crippen LogP contribution is 2.22. The van der Waals surface area contributed by atoms with Gasteiger partial charge in [-0.25, -0.2) is 4.68 Å². The lowest BCUT2D eigenvalue weighted by atomic mass is 10.2. The van der Waals surface area contributed by atoms with Crippen molar-refractivity contribution in [3.8, 4) is 6.07 Å². The fourth-order valence-electron chi connectivity index (χ4n) is 1.84. The Labute approximate surface area is 123 Å². The first-order valence-electron chi connectivity index (χ1n) is 6.28. The van der Waals surface area contributed by atoms with Gasteiger partial charge in [0, 0.05) is 11.1 Å². The molecule has 0 aliphatic carbocycles.